The molecule has 9 heteroatoms. The fourth-order valence-corrected chi connectivity index (χ4v) is 5.45. The minimum atomic E-state index is -3.41. The third-order valence-corrected chi connectivity index (χ3v) is 7.61. The summed E-state index contributed by atoms with van der Waals surface area (Å²) < 4.78 is 28.1. The molecule has 5 rings (SSSR count). The van der Waals surface area contributed by atoms with Crippen molar-refractivity contribution in [3.8, 4) is 5.69 Å². The molecule has 0 unspecified atom stereocenters. The standard InChI is InChI=1S/C22H24ClN5O2S/c1-31(29,30)27-14-18-13-19(23)7-8-20(18)28-21(15-27)24-25-22(28)26-11-9-17(10-12-26)16-5-3-2-4-6-16/h2-8,13,17H,9-12,14-15H2,1H3. The number of sulfonamides is 1. The zero-order valence-corrected chi connectivity index (χ0v) is 18.8. The van der Waals surface area contributed by atoms with E-state index in [1.165, 1.54) is 16.1 Å². The van der Waals surface area contributed by atoms with Gasteiger partial charge in [-0.2, -0.15) is 4.31 Å². The Labute approximate surface area is 187 Å². The van der Waals surface area contributed by atoms with Gasteiger partial charge in [-0.15, -0.1) is 10.2 Å². The van der Waals surface area contributed by atoms with Gasteiger partial charge in [0.05, 0.1) is 18.5 Å². The molecular formula is C22H24ClN5O2S. The number of rotatable bonds is 3. The van der Waals surface area contributed by atoms with Gasteiger partial charge in [-0.1, -0.05) is 41.9 Å². The van der Waals surface area contributed by atoms with Crippen molar-refractivity contribution in [1.82, 2.24) is 19.1 Å². The van der Waals surface area contributed by atoms with E-state index in [0.717, 1.165) is 43.1 Å². The van der Waals surface area contributed by atoms with Crippen LogP contribution in [0.5, 0.6) is 0 Å². The normalized spacial score (nSPS) is 17.8. The number of hydrogen-bond acceptors (Lipinski definition) is 5. The summed E-state index contributed by atoms with van der Waals surface area (Å²) in [6.07, 6.45) is 3.29. The van der Waals surface area contributed by atoms with Crippen molar-refractivity contribution in [2.24, 2.45) is 0 Å². The average Bonchev–Trinajstić information content (AvgIpc) is 3.09. The number of halogens is 1. The number of benzene rings is 2. The molecule has 2 aliphatic heterocycles. The lowest BCUT2D eigenvalue weighted by Crippen LogP contribution is -2.35. The van der Waals surface area contributed by atoms with Crippen LogP contribution in [0.2, 0.25) is 5.02 Å². The molecular weight excluding hydrogens is 434 g/mol. The van der Waals surface area contributed by atoms with E-state index in [1.54, 1.807) is 0 Å². The van der Waals surface area contributed by atoms with Crippen LogP contribution in [0.4, 0.5) is 5.95 Å². The summed E-state index contributed by atoms with van der Waals surface area (Å²) in [7, 11) is -3.41. The molecule has 2 aliphatic rings. The first kappa shape index (κ1) is 20.5. The molecule has 0 aliphatic carbocycles. The minimum absolute atomic E-state index is 0.179. The van der Waals surface area contributed by atoms with Crippen molar-refractivity contribution >= 4 is 27.6 Å². The number of aromatic nitrogens is 3. The van der Waals surface area contributed by atoms with Crippen molar-refractivity contribution in [2.45, 2.75) is 31.8 Å². The van der Waals surface area contributed by atoms with Crippen LogP contribution in [0.1, 0.15) is 35.7 Å². The largest absolute Gasteiger partial charge is 0.341 e. The first-order valence-electron chi connectivity index (χ1n) is 10.4. The highest BCUT2D eigenvalue weighted by Crippen LogP contribution is 2.34. The molecule has 31 heavy (non-hydrogen) atoms. The molecule has 0 atom stereocenters. The second-order valence-corrected chi connectivity index (χ2v) is 10.6. The zero-order valence-electron chi connectivity index (χ0n) is 17.3. The Kier molecular flexibility index (Phi) is 5.24. The van der Waals surface area contributed by atoms with E-state index in [-0.39, 0.29) is 13.1 Å². The van der Waals surface area contributed by atoms with Gasteiger partial charge < -0.3 is 4.90 Å². The summed E-state index contributed by atoms with van der Waals surface area (Å²) in [5.41, 5.74) is 3.11. The number of anilines is 1. The average molecular weight is 458 g/mol. The Bertz CT molecular complexity index is 1200. The molecule has 1 fully saturated rings. The maximum Gasteiger partial charge on any atom is 0.231 e. The molecule has 2 aromatic carbocycles. The van der Waals surface area contributed by atoms with Crippen molar-refractivity contribution in [3.63, 3.8) is 0 Å². The van der Waals surface area contributed by atoms with Crippen LogP contribution in [0.25, 0.3) is 5.69 Å². The summed E-state index contributed by atoms with van der Waals surface area (Å²) in [5, 5.41) is 9.45. The van der Waals surface area contributed by atoms with Crippen LogP contribution >= 0.6 is 11.6 Å². The Hall–Kier alpha value is -2.42. The predicted octanol–water partition coefficient (Wildman–Crippen LogP) is 3.58. The molecule has 0 radical (unpaired) electrons. The highest BCUT2D eigenvalue weighted by atomic mass is 35.5. The molecule has 1 saturated heterocycles. The molecule has 1 aromatic heterocycles. The number of nitrogens with zero attached hydrogens (tertiary/aromatic N) is 5. The maximum atomic E-state index is 12.3. The summed E-state index contributed by atoms with van der Waals surface area (Å²) in [5.74, 6) is 1.92. The Morgan fingerprint density at radius 3 is 2.45 bits per heavy atom. The monoisotopic (exact) mass is 457 g/mol. The minimum Gasteiger partial charge on any atom is -0.341 e. The van der Waals surface area contributed by atoms with Gasteiger partial charge in [-0.3, -0.25) is 4.57 Å². The Morgan fingerprint density at radius 2 is 1.74 bits per heavy atom. The van der Waals surface area contributed by atoms with Crippen LogP contribution in [0, 0.1) is 0 Å². The van der Waals surface area contributed by atoms with Gasteiger partial charge in [-0.25, -0.2) is 8.42 Å². The van der Waals surface area contributed by atoms with Crippen LogP contribution in [-0.4, -0.2) is 46.8 Å². The number of fused-ring (bicyclic) bond motifs is 3. The van der Waals surface area contributed by atoms with Crippen LogP contribution in [0.15, 0.2) is 48.5 Å². The Balaban J connectivity index is 1.49. The molecule has 0 N–H and O–H groups in total. The van der Waals surface area contributed by atoms with E-state index in [1.807, 2.05) is 28.8 Å². The first-order valence-corrected chi connectivity index (χ1v) is 12.6. The fraction of sp³-hybridized carbons (Fsp3) is 0.364. The van der Waals surface area contributed by atoms with E-state index in [2.05, 4.69) is 39.4 Å². The lowest BCUT2D eigenvalue weighted by atomic mass is 9.90. The third-order valence-electron chi connectivity index (χ3n) is 6.18. The molecule has 0 spiro atoms. The quantitative estimate of drug-likeness (QED) is 0.601. The summed E-state index contributed by atoms with van der Waals surface area (Å²) in [6, 6.07) is 16.2. The lowest BCUT2D eigenvalue weighted by Gasteiger charge is -2.33. The first-order chi connectivity index (χ1) is 14.9. The third kappa shape index (κ3) is 3.95. The van der Waals surface area contributed by atoms with E-state index in [4.69, 9.17) is 11.6 Å². The van der Waals surface area contributed by atoms with E-state index >= 15 is 0 Å². The smallest absolute Gasteiger partial charge is 0.231 e. The van der Waals surface area contributed by atoms with Crippen LogP contribution in [-0.2, 0) is 23.1 Å². The number of hydrogen-bond donors (Lipinski definition) is 0. The van der Waals surface area contributed by atoms with Gasteiger partial charge in [0.25, 0.3) is 0 Å². The van der Waals surface area contributed by atoms with Crippen LogP contribution < -0.4 is 4.90 Å². The molecule has 0 saturated carbocycles. The molecule has 3 heterocycles. The van der Waals surface area contributed by atoms with Gasteiger partial charge in [-0.05, 0) is 48.1 Å². The summed E-state index contributed by atoms with van der Waals surface area (Å²) in [6.45, 7) is 2.18. The molecule has 3 aromatic rings. The summed E-state index contributed by atoms with van der Waals surface area (Å²) >= 11 is 6.24. The fourth-order valence-electron chi connectivity index (χ4n) is 4.54. The zero-order chi connectivity index (χ0) is 21.6. The highest BCUT2D eigenvalue weighted by molar-refractivity contribution is 7.88. The second kappa shape index (κ2) is 7.93. The highest BCUT2D eigenvalue weighted by Gasteiger charge is 2.31. The van der Waals surface area contributed by atoms with Crippen molar-refractivity contribution < 1.29 is 8.42 Å². The molecule has 162 valence electrons. The topological polar surface area (TPSA) is 71.3 Å². The van der Waals surface area contributed by atoms with Gasteiger partial charge >= 0.3 is 0 Å². The molecule has 7 nitrogen and oxygen atoms in total. The van der Waals surface area contributed by atoms with Crippen molar-refractivity contribution in [3.05, 3.63) is 70.5 Å². The molecule has 0 amide bonds. The second-order valence-electron chi connectivity index (χ2n) is 8.23. The Morgan fingerprint density at radius 1 is 1.00 bits per heavy atom. The van der Waals surface area contributed by atoms with Gasteiger partial charge in [0.1, 0.15) is 0 Å². The number of piperidine rings is 1. The van der Waals surface area contributed by atoms with E-state index in [0.29, 0.717) is 16.8 Å². The van der Waals surface area contributed by atoms with Gasteiger partial charge in [0.15, 0.2) is 5.82 Å². The van der Waals surface area contributed by atoms with E-state index < -0.39 is 10.0 Å². The van der Waals surface area contributed by atoms with Crippen molar-refractivity contribution in [2.75, 3.05) is 24.2 Å². The van der Waals surface area contributed by atoms with E-state index in [9.17, 15) is 8.42 Å². The lowest BCUT2D eigenvalue weighted by molar-refractivity contribution is 0.400. The van der Waals surface area contributed by atoms with Crippen LogP contribution in [0.3, 0.4) is 0 Å². The molecule has 0 bridgehead atoms. The van der Waals surface area contributed by atoms with Crippen molar-refractivity contribution in [1.29, 1.82) is 0 Å². The van der Waals surface area contributed by atoms with Gasteiger partial charge in [0.2, 0.25) is 16.0 Å². The van der Waals surface area contributed by atoms with Gasteiger partial charge in [0, 0.05) is 24.7 Å². The SMILES string of the molecule is CS(=O)(=O)N1Cc2cc(Cl)ccc2-n2c(nnc2N2CCC(c3ccccc3)CC2)C1. The maximum absolute atomic E-state index is 12.3. The predicted molar refractivity (Wildman–Crippen MR) is 121 cm³/mol. The summed E-state index contributed by atoms with van der Waals surface area (Å²) in [4.78, 5) is 2.25.